The first kappa shape index (κ1) is 53.7. The number of rotatable bonds is 39. The van der Waals surface area contributed by atoms with Crippen molar-refractivity contribution in [1.29, 1.82) is 0 Å². The maximum Gasteiger partial charge on any atom is 0.407 e. The van der Waals surface area contributed by atoms with Crippen LogP contribution in [-0.2, 0) is 76.0 Å². The van der Waals surface area contributed by atoms with Crippen LogP contribution in [0.5, 0.6) is 0 Å². The van der Waals surface area contributed by atoms with Crippen LogP contribution in [0.15, 0.2) is 50.8 Å². The average Bonchev–Trinajstić information content (AvgIpc) is 3.23. The number of ether oxygens (including phenoxy) is 13. The van der Waals surface area contributed by atoms with E-state index >= 15 is 0 Å². The Morgan fingerprint density at radius 2 is 0.661 bits per heavy atom. The summed E-state index contributed by atoms with van der Waals surface area (Å²) in [5.74, 6) is -1.68. The van der Waals surface area contributed by atoms with Crippen LogP contribution in [0.1, 0.15) is 0 Å². The standard InChI is InChI=1S/C37H59N3O19/c1-5-31(41)54-21-15-48-12-9-38-34(44)57-24-18-51-28-37(27-47-8-4,29-52-19-25-58-35(45)39-10-13-49-16-22-55-32(42)6-2)30-53-20-26-59-36(46)40-11-14-50-17-23-56-33(43)7-3/h5-8H,1-4,9-30H2,(H,38,44)(H,39,45)(H,40,46). The lowest BCUT2D eigenvalue weighted by Crippen LogP contribution is -2.42. The smallest absolute Gasteiger partial charge is 0.407 e. The molecule has 0 aromatic carbocycles. The van der Waals surface area contributed by atoms with E-state index in [4.69, 9.17) is 61.6 Å². The first-order valence-corrected chi connectivity index (χ1v) is 18.4. The summed E-state index contributed by atoms with van der Waals surface area (Å²) in [4.78, 5) is 69.1. The van der Waals surface area contributed by atoms with Crippen LogP contribution in [0.3, 0.4) is 0 Å². The number of hydrogen-bond donors (Lipinski definition) is 3. The van der Waals surface area contributed by atoms with Crippen molar-refractivity contribution in [3.8, 4) is 0 Å². The van der Waals surface area contributed by atoms with Gasteiger partial charge in [-0.25, -0.2) is 28.8 Å². The number of amides is 3. The van der Waals surface area contributed by atoms with E-state index in [0.29, 0.717) is 0 Å². The fraction of sp³-hybridized carbons (Fsp3) is 0.622. The van der Waals surface area contributed by atoms with Gasteiger partial charge in [-0.1, -0.05) is 26.3 Å². The van der Waals surface area contributed by atoms with Crippen LogP contribution in [0.2, 0.25) is 0 Å². The van der Waals surface area contributed by atoms with Crippen molar-refractivity contribution in [2.45, 2.75) is 0 Å². The largest absolute Gasteiger partial charge is 0.501 e. The first-order chi connectivity index (χ1) is 28.6. The van der Waals surface area contributed by atoms with E-state index in [-0.39, 0.29) is 145 Å². The van der Waals surface area contributed by atoms with Crippen molar-refractivity contribution < 1.29 is 90.3 Å². The van der Waals surface area contributed by atoms with E-state index in [1.165, 1.54) is 6.26 Å². The lowest BCUT2D eigenvalue weighted by atomic mass is 9.92. The van der Waals surface area contributed by atoms with Gasteiger partial charge in [0.25, 0.3) is 0 Å². The normalized spacial score (nSPS) is 10.6. The van der Waals surface area contributed by atoms with E-state index in [1.54, 1.807) is 0 Å². The number of esters is 3. The van der Waals surface area contributed by atoms with Crippen molar-refractivity contribution in [3.63, 3.8) is 0 Å². The third-order valence-electron chi connectivity index (χ3n) is 6.58. The van der Waals surface area contributed by atoms with Gasteiger partial charge in [0.05, 0.1) is 97.6 Å². The van der Waals surface area contributed by atoms with Gasteiger partial charge in [0, 0.05) is 37.9 Å². The molecule has 0 unspecified atom stereocenters. The number of alkyl carbamates (subject to hydrolysis) is 3. The molecular weight excluding hydrogens is 790 g/mol. The fourth-order valence-corrected chi connectivity index (χ4v) is 3.85. The second-order valence-electron chi connectivity index (χ2n) is 11.3. The highest BCUT2D eigenvalue weighted by molar-refractivity contribution is 5.81. The van der Waals surface area contributed by atoms with Crippen LogP contribution in [0.4, 0.5) is 14.4 Å². The monoisotopic (exact) mass is 849 g/mol. The minimum absolute atomic E-state index is 0.00163. The molecule has 0 aliphatic rings. The number of carbonyl (C=O) groups excluding carboxylic acids is 6. The SMILES string of the molecule is C=COCC(COCCOC(=O)NCCOCCOC(=O)C=C)(COCCOC(=O)NCCOCCOC(=O)C=C)COCCOC(=O)NCCOCCOC(=O)C=C. The third kappa shape index (κ3) is 34.5. The topological polar surface area (TPSA) is 258 Å². The maximum absolute atomic E-state index is 12.0. The summed E-state index contributed by atoms with van der Waals surface area (Å²) in [6, 6.07) is 0. The maximum atomic E-state index is 12.0. The lowest BCUT2D eigenvalue weighted by Gasteiger charge is -2.32. The van der Waals surface area contributed by atoms with Gasteiger partial charge >= 0.3 is 36.2 Å². The highest BCUT2D eigenvalue weighted by Crippen LogP contribution is 2.21. The van der Waals surface area contributed by atoms with Crippen molar-refractivity contribution in [2.75, 3.05) is 145 Å². The van der Waals surface area contributed by atoms with Gasteiger partial charge in [0.15, 0.2) is 0 Å². The molecule has 3 N–H and O–H groups in total. The number of nitrogens with one attached hydrogen (secondary N) is 3. The summed E-state index contributed by atoms with van der Waals surface area (Å²) in [6.45, 7) is 14.7. The second kappa shape index (κ2) is 38.3. The first-order valence-electron chi connectivity index (χ1n) is 18.4. The Balaban J connectivity index is 4.80. The molecule has 0 saturated heterocycles. The molecule has 22 heteroatoms. The molecule has 3 amide bonds. The number of hydrogen-bond acceptors (Lipinski definition) is 19. The van der Waals surface area contributed by atoms with Crippen LogP contribution >= 0.6 is 0 Å². The fourth-order valence-electron chi connectivity index (χ4n) is 3.85. The third-order valence-corrected chi connectivity index (χ3v) is 6.58. The highest BCUT2D eigenvalue weighted by Gasteiger charge is 2.33. The Morgan fingerprint density at radius 3 is 0.949 bits per heavy atom. The van der Waals surface area contributed by atoms with Gasteiger partial charge in [-0.3, -0.25) is 0 Å². The van der Waals surface area contributed by atoms with E-state index in [9.17, 15) is 28.8 Å². The highest BCUT2D eigenvalue weighted by atomic mass is 16.6. The Morgan fingerprint density at radius 1 is 0.373 bits per heavy atom. The van der Waals surface area contributed by atoms with E-state index in [2.05, 4.69) is 42.3 Å². The van der Waals surface area contributed by atoms with E-state index in [0.717, 1.165) is 18.2 Å². The molecule has 0 spiro atoms. The molecule has 0 bridgehead atoms. The van der Waals surface area contributed by atoms with E-state index < -0.39 is 41.6 Å². The lowest BCUT2D eigenvalue weighted by molar-refractivity contribution is -0.140. The zero-order valence-electron chi connectivity index (χ0n) is 33.5. The molecule has 0 fully saturated rings. The van der Waals surface area contributed by atoms with Crippen LogP contribution in [-0.4, -0.2) is 181 Å². The average molecular weight is 850 g/mol. The zero-order valence-corrected chi connectivity index (χ0v) is 33.5. The summed E-state index contributed by atoms with van der Waals surface area (Å²) in [7, 11) is 0. The van der Waals surface area contributed by atoms with Gasteiger partial charge in [-0.05, 0) is 0 Å². The minimum atomic E-state index is -0.951. The van der Waals surface area contributed by atoms with Gasteiger partial charge in [0.1, 0.15) is 39.6 Å². The molecule has 59 heavy (non-hydrogen) atoms. The predicted molar refractivity (Wildman–Crippen MR) is 205 cm³/mol. The summed E-state index contributed by atoms with van der Waals surface area (Å²) < 4.78 is 68.4. The van der Waals surface area contributed by atoms with Gasteiger partial charge < -0.3 is 77.5 Å². The van der Waals surface area contributed by atoms with Crippen molar-refractivity contribution in [1.82, 2.24) is 16.0 Å². The van der Waals surface area contributed by atoms with Crippen molar-refractivity contribution in [2.24, 2.45) is 5.41 Å². The van der Waals surface area contributed by atoms with Crippen LogP contribution < -0.4 is 16.0 Å². The van der Waals surface area contributed by atoms with E-state index in [1.807, 2.05) is 0 Å². The Hall–Kier alpha value is -5.26. The quantitative estimate of drug-likeness (QED) is 0.0252. The molecule has 22 nitrogen and oxygen atoms in total. The van der Waals surface area contributed by atoms with Crippen molar-refractivity contribution in [3.05, 3.63) is 50.8 Å². The van der Waals surface area contributed by atoms with Crippen LogP contribution in [0, 0.1) is 5.41 Å². The molecular formula is C37H59N3O19. The molecule has 0 aromatic heterocycles. The molecule has 0 aromatic rings. The van der Waals surface area contributed by atoms with Gasteiger partial charge in [0.2, 0.25) is 0 Å². The minimum Gasteiger partial charge on any atom is -0.501 e. The molecule has 0 radical (unpaired) electrons. The van der Waals surface area contributed by atoms with Gasteiger partial charge in [-0.2, -0.15) is 0 Å². The summed E-state index contributed by atoms with van der Waals surface area (Å²) in [5.41, 5.74) is -0.951. The molecule has 0 aliphatic carbocycles. The Labute approximate surface area is 343 Å². The molecule has 0 aliphatic heterocycles. The molecule has 0 rings (SSSR count). The summed E-state index contributed by atoms with van der Waals surface area (Å²) >= 11 is 0. The molecule has 0 saturated carbocycles. The number of carbonyl (C=O) groups is 6. The summed E-state index contributed by atoms with van der Waals surface area (Å²) in [6.07, 6.45) is 2.25. The summed E-state index contributed by atoms with van der Waals surface area (Å²) in [5, 5.41) is 7.54. The van der Waals surface area contributed by atoms with Gasteiger partial charge in [-0.15, -0.1) is 0 Å². The predicted octanol–water partition coefficient (Wildman–Crippen LogP) is 0.599. The molecule has 0 atom stereocenters. The molecule has 336 valence electrons. The second-order valence-corrected chi connectivity index (χ2v) is 11.3. The van der Waals surface area contributed by atoms with Crippen molar-refractivity contribution >= 4 is 36.2 Å². The molecule has 0 heterocycles. The van der Waals surface area contributed by atoms with Crippen LogP contribution in [0.25, 0.3) is 0 Å². The Bertz CT molecular complexity index is 1100. The zero-order chi connectivity index (χ0) is 43.7. The Kier molecular flexibility index (Phi) is 34.9.